The van der Waals surface area contributed by atoms with Crippen molar-refractivity contribution in [1.82, 2.24) is 4.90 Å². The third kappa shape index (κ3) is 9.68. The van der Waals surface area contributed by atoms with Gasteiger partial charge in [-0.1, -0.05) is 0 Å². The van der Waals surface area contributed by atoms with Gasteiger partial charge in [-0.05, 0) is 6.08 Å². The number of allylic oxidation sites excluding steroid dienone is 1. The molecule has 1 N–H and O–H groups in total. The Morgan fingerprint density at radius 1 is 1.24 bits per heavy atom. The number of amides is 1. The first-order chi connectivity index (χ1) is 8.22. The van der Waals surface area contributed by atoms with Gasteiger partial charge in [0.25, 0.3) is 0 Å². The van der Waals surface area contributed by atoms with Gasteiger partial charge in [-0.2, -0.15) is 0 Å². The van der Waals surface area contributed by atoms with Crippen molar-refractivity contribution in [2.24, 2.45) is 0 Å². The van der Waals surface area contributed by atoms with E-state index in [0.717, 1.165) is 6.08 Å². The van der Waals surface area contributed by atoms with Crippen LogP contribution in [0, 0.1) is 0 Å². The molecule has 0 aliphatic rings. The molecule has 0 aliphatic carbocycles. The fourth-order valence-electron chi connectivity index (χ4n) is 0.947. The maximum atomic E-state index is 11.3. The van der Waals surface area contributed by atoms with Crippen LogP contribution in [0.2, 0.25) is 0 Å². The van der Waals surface area contributed by atoms with E-state index in [0.29, 0.717) is 39.3 Å². The quantitative estimate of drug-likeness (QED) is 0.310. The molecule has 0 saturated carbocycles. The molecule has 0 heterocycles. The standard InChI is InChI=1S/C11H19NO5/c1-12(11(15)3-2-5-13)4-7-16-9-10-17-8-6-14/h2-3,5,14H,4,6-10H2,1H3/b3-2-. The Bertz CT molecular complexity index is 242. The molecular weight excluding hydrogens is 226 g/mol. The summed E-state index contributed by atoms with van der Waals surface area (Å²) in [5.74, 6) is -0.239. The molecule has 0 aromatic rings. The molecule has 0 aromatic heterocycles. The topological polar surface area (TPSA) is 76.1 Å². The minimum atomic E-state index is -0.239. The Morgan fingerprint density at radius 2 is 1.88 bits per heavy atom. The highest BCUT2D eigenvalue weighted by Crippen LogP contribution is 1.88. The van der Waals surface area contributed by atoms with Crippen LogP contribution in [0.3, 0.4) is 0 Å². The number of hydrogen-bond acceptors (Lipinski definition) is 5. The van der Waals surface area contributed by atoms with Crippen molar-refractivity contribution in [1.29, 1.82) is 0 Å². The van der Waals surface area contributed by atoms with Crippen molar-refractivity contribution in [3.8, 4) is 0 Å². The largest absolute Gasteiger partial charge is 0.394 e. The third-order valence-electron chi connectivity index (χ3n) is 1.87. The summed E-state index contributed by atoms with van der Waals surface area (Å²) in [5.41, 5.74) is 0. The number of hydrogen-bond donors (Lipinski definition) is 1. The van der Waals surface area contributed by atoms with Crippen molar-refractivity contribution < 1.29 is 24.2 Å². The van der Waals surface area contributed by atoms with Crippen molar-refractivity contribution in [3.63, 3.8) is 0 Å². The molecule has 0 aromatic carbocycles. The number of nitrogens with zero attached hydrogens (tertiary/aromatic N) is 1. The van der Waals surface area contributed by atoms with Gasteiger partial charge in [-0.25, -0.2) is 0 Å². The highest BCUT2D eigenvalue weighted by atomic mass is 16.5. The Labute approximate surface area is 101 Å². The highest BCUT2D eigenvalue weighted by molar-refractivity contribution is 5.90. The molecule has 1 amide bonds. The fourth-order valence-corrected chi connectivity index (χ4v) is 0.947. The fraction of sp³-hybridized carbons (Fsp3) is 0.636. The first kappa shape index (κ1) is 15.8. The number of aldehydes is 1. The van der Waals surface area contributed by atoms with Gasteiger partial charge in [0.2, 0.25) is 5.91 Å². The predicted molar refractivity (Wildman–Crippen MR) is 61.6 cm³/mol. The third-order valence-corrected chi connectivity index (χ3v) is 1.87. The average Bonchev–Trinajstić information content (AvgIpc) is 2.34. The van der Waals surface area contributed by atoms with Crippen molar-refractivity contribution >= 4 is 12.2 Å². The van der Waals surface area contributed by atoms with Gasteiger partial charge in [0.1, 0.15) is 6.29 Å². The van der Waals surface area contributed by atoms with Gasteiger partial charge in [-0.3, -0.25) is 9.59 Å². The van der Waals surface area contributed by atoms with E-state index < -0.39 is 0 Å². The van der Waals surface area contributed by atoms with E-state index in [4.69, 9.17) is 14.6 Å². The first-order valence-electron chi connectivity index (χ1n) is 5.35. The van der Waals surface area contributed by atoms with E-state index in [1.54, 1.807) is 7.05 Å². The van der Waals surface area contributed by atoms with E-state index >= 15 is 0 Å². The second-order valence-corrected chi connectivity index (χ2v) is 3.20. The van der Waals surface area contributed by atoms with Gasteiger partial charge >= 0.3 is 0 Å². The zero-order valence-electron chi connectivity index (χ0n) is 10.0. The van der Waals surface area contributed by atoms with Crippen LogP contribution in [0.4, 0.5) is 0 Å². The van der Waals surface area contributed by atoms with E-state index in [1.807, 2.05) is 0 Å². The van der Waals surface area contributed by atoms with Crippen LogP contribution >= 0.6 is 0 Å². The Hall–Kier alpha value is -1.24. The lowest BCUT2D eigenvalue weighted by Gasteiger charge is -2.14. The van der Waals surface area contributed by atoms with Crippen molar-refractivity contribution in [3.05, 3.63) is 12.2 Å². The Morgan fingerprint density at radius 3 is 2.47 bits per heavy atom. The molecule has 0 spiro atoms. The van der Waals surface area contributed by atoms with Crippen LogP contribution < -0.4 is 0 Å². The zero-order chi connectivity index (χ0) is 12.9. The predicted octanol–water partition coefficient (Wildman–Crippen LogP) is -0.775. The second kappa shape index (κ2) is 11.3. The van der Waals surface area contributed by atoms with Crippen LogP contribution in [0.1, 0.15) is 0 Å². The number of ether oxygens (including phenoxy) is 2. The van der Waals surface area contributed by atoms with Gasteiger partial charge in [0, 0.05) is 19.7 Å². The minimum Gasteiger partial charge on any atom is -0.394 e. The maximum Gasteiger partial charge on any atom is 0.246 e. The molecule has 0 aliphatic heterocycles. The number of aliphatic hydroxyl groups is 1. The summed E-state index contributed by atoms with van der Waals surface area (Å²) in [5, 5.41) is 8.43. The van der Waals surface area contributed by atoms with Crippen molar-refractivity contribution in [2.75, 3.05) is 46.6 Å². The molecule has 0 atom stereocenters. The monoisotopic (exact) mass is 245 g/mol. The van der Waals surface area contributed by atoms with Crippen LogP contribution in [0.15, 0.2) is 12.2 Å². The minimum absolute atomic E-state index is 0.000304. The number of aliphatic hydroxyl groups excluding tert-OH is 1. The summed E-state index contributed by atoms with van der Waals surface area (Å²) in [4.78, 5) is 22.7. The first-order valence-corrected chi connectivity index (χ1v) is 5.35. The van der Waals surface area contributed by atoms with E-state index in [2.05, 4.69) is 0 Å². The number of carbonyl (C=O) groups is 2. The Balaban J connectivity index is 3.44. The van der Waals surface area contributed by atoms with Crippen LogP contribution in [0.25, 0.3) is 0 Å². The van der Waals surface area contributed by atoms with E-state index in [1.165, 1.54) is 11.0 Å². The maximum absolute atomic E-state index is 11.3. The molecule has 0 bridgehead atoms. The van der Waals surface area contributed by atoms with Crippen molar-refractivity contribution in [2.45, 2.75) is 0 Å². The molecule has 0 saturated heterocycles. The van der Waals surface area contributed by atoms with Gasteiger partial charge < -0.3 is 19.5 Å². The van der Waals surface area contributed by atoms with Crippen LogP contribution in [-0.4, -0.2) is 68.8 Å². The summed E-state index contributed by atoms with van der Waals surface area (Å²) >= 11 is 0. The molecule has 17 heavy (non-hydrogen) atoms. The SMILES string of the molecule is CN(CCOCCOCCO)C(=O)/C=C\C=O. The Kier molecular flexibility index (Phi) is 10.4. The van der Waals surface area contributed by atoms with E-state index in [9.17, 15) is 9.59 Å². The average molecular weight is 245 g/mol. The lowest BCUT2D eigenvalue weighted by Crippen LogP contribution is -2.29. The second-order valence-electron chi connectivity index (χ2n) is 3.20. The number of carbonyl (C=O) groups excluding carboxylic acids is 2. The van der Waals surface area contributed by atoms with Crippen LogP contribution in [-0.2, 0) is 19.1 Å². The highest BCUT2D eigenvalue weighted by Gasteiger charge is 2.03. The summed E-state index contributed by atoms with van der Waals surface area (Å²) in [7, 11) is 1.63. The summed E-state index contributed by atoms with van der Waals surface area (Å²) in [6.07, 6.45) is 2.92. The van der Waals surface area contributed by atoms with E-state index in [-0.39, 0.29) is 12.5 Å². The molecular formula is C11H19NO5. The number of likely N-dealkylation sites (N-methyl/N-ethyl adjacent to an activating group) is 1. The smallest absolute Gasteiger partial charge is 0.246 e. The summed E-state index contributed by atoms with van der Waals surface area (Å²) < 4.78 is 10.2. The lowest BCUT2D eigenvalue weighted by molar-refractivity contribution is -0.125. The van der Waals surface area contributed by atoms with Gasteiger partial charge in [0.15, 0.2) is 0 Å². The molecule has 0 radical (unpaired) electrons. The molecule has 0 rings (SSSR count). The van der Waals surface area contributed by atoms with Gasteiger partial charge in [0.05, 0.1) is 33.0 Å². The molecule has 98 valence electrons. The lowest BCUT2D eigenvalue weighted by atomic mass is 10.4. The molecule has 0 unspecified atom stereocenters. The molecule has 6 nitrogen and oxygen atoms in total. The van der Waals surface area contributed by atoms with Crippen LogP contribution in [0.5, 0.6) is 0 Å². The summed E-state index contributed by atoms with van der Waals surface area (Å²) in [6.45, 7) is 2.00. The summed E-state index contributed by atoms with van der Waals surface area (Å²) in [6, 6.07) is 0. The zero-order valence-corrected chi connectivity index (χ0v) is 10.0. The van der Waals surface area contributed by atoms with Gasteiger partial charge in [-0.15, -0.1) is 0 Å². The number of rotatable bonds is 10. The molecule has 0 fully saturated rings. The normalized spacial score (nSPS) is 10.7. The molecule has 6 heteroatoms.